The van der Waals surface area contributed by atoms with Crippen molar-refractivity contribution in [2.45, 2.75) is 60.4 Å². The lowest BCUT2D eigenvalue weighted by Crippen LogP contribution is -2.49. The molecular formula is C15H30N2OS. The summed E-state index contributed by atoms with van der Waals surface area (Å²) in [6, 6.07) is 0.283. The van der Waals surface area contributed by atoms with Gasteiger partial charge in [0.15, 0.2) is 0 Å². The summed E-state index contributed by atoms with van der Waals surface area (Å²) in [5.41, 5.74) is 5.77. The van der Waals surface area contributed by atoms with Crippen LogP contribution in [0.4, 0.5) is 0 Å². The third-order valence-electron chi connectivity index (χ3n) is 3.47. The number of hydrogen-bond acceptors (Lipinski definition) is 2. The standard InChI is InChI=1S/C15H30N2OS/c1-7-12(8-2)17(9-10(3)4)15(18)13(11(5)6)14(16)19/h10-13H,7-9H2,1-6H3,(H2,16,19). The molecule has 0 spiro atoms. The average Bonchev–Trinajstić information content (AvgIpc) is 2.27. The molecule has 0 aliphatic carbocycles. The van der Waals surface area contributed by atoms with Crippen LogP contribution in [-0.4, -0.2) is 28.4 Å². The zero-order valence-corrected chi connectivity index (χ0v) is 14.1. The van der Waals surface area contributed by atoms with Crippen molar-refractivity contribution >= 4 is 23.1 Å². The van der Waals surface area contributed by atoms with E-state index in [1.54, 1.807) is 0 Å². The summed E-state index contributed by atoms with van der Waals surface area (Å²) < 4.78 is 0. The van der Waals surface area contributed by atoms with Gasteiger partial charge in [0.05, 0.1) is 10.9 Å². The Balaban J connectivity index is 5.22. The molecule has 0 radical (unpaired) electrons. The average molecular weight is 286 g/mol. The van der Waals surface area contributed by atoms with Gasteiger partial charge in [-0.1, -0.05) is 53.8 Å². The Morgan fingerprint density at radius 1 is 1.16 bits per heavy atom. The molecule has 0 fully saturated rings. The summed E-state index contributed by atoms with van der Waals surface area (Å²) in [5, 5.41) is 0. The monoisotopic (exact) mass is 286 g/mol. The maximum Gasteiger partial charge on any atom is 0.233 e. The fourth-order valence-corrected chi connectivity index (χ4v) is 2.83. The maximum atomic E-state index is 12.8. The molecule has 19 heavy (non-hydrogen) atoms. The SMILES string of the molecule is CCC(CC)N(CC(C)C)C(=O)C(C(N)=S)C(C)C. The van der Waals surface area contributed by atoms with Gasteiger partial charge in [-0.25, -0.2) is 0 Å². The van der Waals surface area contributed by atoms with Gasteiger partial charge in [0, 0.05) is 12.6 Å². The van der Waals surface area contributed by atoms with Crippen molar-refractivity contribution in [1.82, 2.24) is 4.90 Å². The number of nitrogens with two attached hydrogens (primary N) is 1. The highest BCUT2D eigenvalue weighted by atomic mass is 32.1. The molecule has 1 unspecified atom stereocenters. The largest absolute Gasteiger partial charge is 0.393 e. The van der Waals surface area contributed by atoms with E-state index in [0.717, 1.165) is 19.4 Å². The molecule has 0 saturated carbocycles. The zero-order chi connectivity index (χ0) is 15.2. The van der Waals surface area contributed by atoms with Crippen LogP contribution in [0.3, 0.4) is 0 Å². The van der Waals surface area contributed by atoms with Crippen LogP contribution in [0.15, 0.2) is 0 Å². The van der Waals surface area contributed by atoms with E-state index in [0.29, 0.717) is 10.9 Å². The second-order valence-electron chi connectivity index (χ2n) is 5.98. The van der Waals surface area contributed by atoms with Crippen LogP contribution in [0.5, 0.6) is 0 Å². The second kappa shape index (κ2) is 8.51. The Kier molecular flexibility index (Phi) is 8.23. The van der Waals surface area contributed by atoms with Crippen LogP contribution in [0.1, 0.15) is 54.4 Å². The molecule has 2 N–H and O–H groups in total. The highest BCUT2D eigenvalue weighted by Crippen LogP contribution is 2.20. The third-order valence-corrected chi connectivity index (χ3v) is 3.72. The van der Waals surface area contributed by atoms with Crippen LogP contribution in [0.25, 0.3) is 0 Å². The van der Waals surface area contributed by atoms with E-state index in [9.17, 15) is 4.79 Å². The minimum atomic E-state index is -0.339. The summed E-state index contributed by atoms with van der Waals surface area (Å²) in [5.74, 6) is 0.358. The Bertz CT molecular complexity index is 299. The molecule has 1 amide bonds. The molecule has 0 aliphatic heterocycles. The van der Waals surface area contributed by atoms with Gasteiger partial charge in [-0.15, -0.1) is 0 Å². The number of hydrogen-bond donors (Lipinski definition) is 1. The normalized spacial score (nSPS) is 13.1. The zero-order valence-electron chi connectivity index (χ0n) is 13.3. The van der Waals surface area contributed by atoms with Crippen molar-refractivity contribution in [3.63, 3.8) is 0 Å². The maximum absolute atomic E-state index is 12.8. The summed E-state index contributed by atoms with van der Waals surface area (Å²) >= 11 is 5.09. The molecule has 1 atom stereocenters. The Morgan fingerprint density at radius 2 is 1.63 bits per heavy atom. The molecule has 0 bridgehead atoms. The van der Waals surface area contributed by atoms with E-state index in [-0.39, 0.29) is 23.8 Å². The molecular weight excluding hydrogens is 256 g/mol. The van der Waals surface area contributed by atoms with Crippen molar-refractivity contribution in [2.24, 2.45) is 23.5 Å². The van der Waals surface area contributed by atoms with Crippen LogP contribution < -0.4 is 5.73 Å². The van der Waals surface area contributed by atoms with E-state index in [1.165, 1.54) is 0 Å². The quantitative estimate of drug-likeness (QED) is 0.697. The van der Waals surface area contributed by atoms with E-state index in [4.69, 9.17) is 18.0 Å². The molecule has 0 aromatic heterocycles. The second-order valence-corrected chi connectivity index (χ2v) is 6.45. The minimum Gasteiger partial charge on any atom is -0.393 e. The number of thiocarbonyl (C=S) groups is 1. The smallest absolute Gasteiger partial charge is 0.233 e. The van der Waals surface area contributed by atoms with E-state index in [2.05, 4.69) is 27.7 Å². The van der Waals surface area contributed by atoms with Gasteiger partial charge in [0.2, 0.25) is 5.91 Å². The van der Waals surface area contributed by atoms with Gasteiger partial charge in [0.25, 0.3) is 0 Å². The van der Waals surface area contributed by atoms with Gasteiger partial charge >= 0.3 is 0 Å². The van der Waals surface area contributed by atoms with Gasteiger partial charge in [-0.05, 0) is 24.7 Å². The highest BCUT2D eigenvalue weighted by molar-refractivity contribution is 7.80. The molecule has 0 aromatic rings. The molecule has 112 valence electrons. The third kappa shape index (κ3) is 5.47. The highest BCUT2D eigenvalue weighted by Gasteiger charge is 2.32. The summed E-state index contributed by atoms with van der Waals surface area (Å²) in [7, 11) is 0. The summed E-state index contributed by atoms with van der Waals surface area (Å²) in [6.45, 7) is 13.3. The van der Waals surface area contributed by atoms with Crippen LogP contribution in [-0.2, 0) is 4.79 Å². The molecule has 0 saturated heterocycles. The van der Waals surface area contributed by atoms with Crippen molar-refractivity contribution in [3.05, 3.63) is 0 Å². The molecule has 4 heteroatoms. The van der Waals surface area contributed by atoms with Crippen molar-refractivity contribution in [2.75, 3.05) is 6.54 Å². The predicted molar refractivity (Wildman–Crippen MR) is 86.0 cm³/mol. The van der Waals surface area contributed by atoms with Crippen molar-refractivity contribution < 1.29 is 4.79 Å². The number of rotatable bonds is 8. The van der Waals surface area contributed by atoms with Gasteiger partial charge < -0.3 is 10.6 Å². The lowest BCUT2D eigenvalue weighted by atomic mass is 9.92. The fourth-order valence-electron chi connectivity index (χ4n) is 2.46. The number of nitrogens with zero attached hydrogens (tertiary/aromatic N) is 1. The van der Waals surface area contributed by atoms with Crippen LogP contribution in [0.2, 0.25) is 0 Å². The van der Waals surface area contributed by atoms with Crippen LogP contribution >= 0.6 is 12.2 Å². The van der Waals surface area contributed by atoms with Gasteiger partial charge in [-0.2, -0.15) is 0 Å². The van der Waals surface area contributed by atoms with E-state index < -0.39 is 0 Å². The van der Waals surface area contributed by atoms with Gasteiger partial charge in [-0.3, -0.25) is 4.79 Å². The first kappa shape index (κ1) is 18.4. The van der Waals surface area contributed by atoms with Gasteiger partial charge in [0.1, 0.15) is 0 Å². The van der Waals surface area contributed by atoms with E-state index in [1.807, 2.05) is 18.7 Å². The molecule has 0 aliphatic rings. The lowest BCUT2D eigenvalue weighted by molar-refractivity contribution is -0.137. The fraction of sp³-hybridized carbons (Fsp3) is 0.867. The molecule has 0 rings (SSSR count). The first-order valence-corrected chi connectivity index (χ1v) is 7.76. The minimum absolute atomic E-state index is 0.102. The Hall–Kier alpha value is -0.640. The molecule has 3 nitrogen and oxygen atoms in total. The number of amides is 1. The topological polar surface area (TPSA) is 46.3 Å². The summed E-state index contributed by atoms with van der Waals surface area (Å²) in [4.78, 5) is 15.1. The Morgan fingerprint density at radius 3 is 1.89 bits per heavy atom. The van der Waals surface area contributed by atoms with Crippen molar-refractivity contribution in [1.29, 1.82) is 0 Å². The lowest BCUT2D eigenvalue weighted by Gasteiger charge is -2.35. The molecule has 0 heterocycles. The first-order valence-electron chi connectivity index (χ1n) is 7.35. The van der Waals surface area contributed by atoms with E-state index >= 15 is 0 Å². The van der Waals surface area contributed by atoms with Crippen LogP contribution in [0, 0.1) is 17.8 Å². The predicted octanol–water partition coefficient (Wildman–Crippen LogP) is 3.22. The first-order chi connectivity index (χ1) is 8.76. The van der Waals surface area contributed by atoms with Crippen molar-refractivity contribution in [3.8, 4) is 0 Å². The molecule has 0 aromatic carbocycles. The number of carbonyl (C=O) groups is 1. The summed E-state index contributed by atoms with van der Waals surface area (Å²) in [6.07, 6.45) is 1.94. The number of carbonyl (C=O) groups excluding carboxylic acids is 1. The Labute approximate surface area is 123 Å².